The zero-order valence-corrected chi connectivity index (χ0v) is 18.8. The number of carbonyl (C=O) groups is 2. The minimum absolute atomic E-state index is 0.0183. The van der Waals surface area contributed by atoms with E-state index in [2.05, 4.69) is 37.8 Å². The Labute approximate surface area is 187 Å². The maximum atomic E-state index is 13.2. The van der Waals surface area contributed by atoms with Gasteiger partial charge in [-0.05, 0) is 60.5 Å². The largest absolute Gasteiger partial charge is 0.362 e. The van der Waals surface area contributed by atoms with Crippen LogP contribution in [0, 0.1) is 44.6 Å². The normalized spacial score (nSPS) is 38.7. The van der Waals surface area contributed by atoms with Crippen molar-refractivity contribution in [3.8, 4) is 0 Å². The van der Waals surface area contributed by atoms with E-state index >= 15 is 0 Å². The Morgan fingerprint density at radius 1 is 1.03 bits per heavy atom. The van der Waals surface area contributed by atoms with Gasteiger partial charge in [-0.15, -0.1) is 0 Å². The van der Waals surface area contributed by atoms with Crippen molar-refractivity contribution in [2.45, 2.75) is 52.5 Å². The van der Waals surface area contributed by atoms with Crippen LogP contribution < -0.4 is 9.80 Å². The summed E-state index contributed by atoms with van der Waals surface area (Å²) >= 11 is 0. The molecule has 0 radical (unpaired) electrons. The molecule has 2 saturated carbocycles. The van der Waals surface area contributed by atoms with Crippen LogP contribution in [0.5, 0.6) is 0 Å². The Morgan fingerprint density at radius 3 is 2.31 bits per heavy atom. The van der Waals surface area contributed by atoms with Crippen LogP contribution in [0.3, 0.4) is 0 Å². The maximum absolute atomic E-state index is 13.2. The predicted octanol–water partition coefficient (Wildman–Crippen LogP) is 4.31. The molecule has 5 aliphatic rings. The molecule has 168 valence electrons. The van der Waals surface area contributed by atoms with Gasteiger partial charge in [0.1, 0.15) is 5.69 Å². The molecule has 2 heterocycles. The summed E-state index contributed by atoms with van der Waals surface area (Å²) in [6.07, 6.45) is 8.13. The summed E-state index contributed by atoms with van der Waals surface area (Å²) in [6, 6.07) is 5.19. The van der Waals surface area contributed by atoms with Gasteiger partial charge in [0.25, 0.3) is 5.69 Å². The minimum Gasteiger partial charge on any atom is -0.362 e. The molecule has 7 nitrogen and oxygen atoms in total. The zero-order chi connectivity index (χ0) is 22.6. The lowest BCUT2D eigenvalue weighted by Crippen LogP contribution is -2.35. The lowest BCUT2D eigenvalue weighted by Gasteiger charge is -2.39. The van der Waals surface area contributed by atoms with Gasteiger partial charge in [-0.3, -0.25) is 19.7 Å². The number of benzene rings is 1. The number of hydrogen-bond acceptors (Lipinski definition) is 5. The number of carbonyl (C=O) groups excluding carboxylic acids is 2. The number of imide groups is 1. The first-order chi connectivity index (χ1) is 15.1. The fraction of sp³-hybridized carbons (Fsp3) is 0.600. The third kappa shape index (κ3) is 2.66. The molecule has 0 unspecified atom stereocenters. The van der Waals surface area contributed by atoms with Crippen LogP contribution in [0.25, 0.3) is 0 Å². The maximum Gasteiger partial charge on any atom is 0.294 e. The summed E-state index contributed by atoms with van der Waals surface area (Å²) in [5, 5.41) is 12.1. The molecule has 3 aliphatic carbocycles. The number of anilines is 2. The second-order valence-corrected chi connectivity index (χ2v) is 11.8. The van der Waals surface area contributed by atoms with Gasteiger partial charge in [0.2, 0.25) is 11.8 Å². The van der Waals surface area contributed by atoms with Gasteiger partial charge in [-0.2, -0.15) is 0 Å². The quantitative estimate of drug-likeness (QED) is 0.306. The van der Waals surface area contributed by atoms with Crippen molar-refractivity contribution in [1.82, 2.24) is 0 Å². The molecule has 6 rings (SSSR count). The number of allylic oxidation sites excluding steroid dienone is 2. The molecule has 4 fully saturated rings. The van der Waals surface area contributed by atoms with E-state index in [0.717, 1.165) is 32.2 Å². The molecule has 2 saturated heterocycles. The Bertz CT molecular complexity index is 1060. The van der Waals surface area contributed by atoms with E-state index in [-0.39, 0.29) is 63.0 Å². The van der Waals surface area contributed by atoms with E-state index in [0.29, 0.717) is 11.4 Å². The molecule has 32 heavy (non-hydrogen) atoms. The zero-order valence-electron chi connectivity index (χ0n) is 18.8. The number of nitro groups is 1. The molecule has 6 atom stereocenters. The summed E-state index contributed by atoms with van der Waals surface area (Å²) in [7, 11) is 0. The average molecular weight is 436 g/mol. The molecule has 2 amide bonds. The van der Waals surface area contributed by atoms with Crippen molar-refractivity contribution >= 4 is 28.9 Å². The van der Waals surface area contributed by atoms with E-state index in [1.807, 2.05) is 0 Å². The van der Waals surface area contributed by atoms with Gasteiger partial charge in [0.05, 0.1) is 22.4 Å². The van der Waals surface area contributed by atoms with Crippen LogP contribution in [0.2, 0.25) is 0 Å². The molecule has 0 spiro atoms. The lowest BCUT2D eigenvalue weighted by molar-refractivity contribution is -0.384. The van der Waals surface area contributed by atoms with Gasteiger partial charge in [-0.1, -0.05) is 32.9 Å². The Kier molecular flexibility index (Phi) is 3.87. The second kappa shape index (κ2) is 6.21. The SMILES string of the molecule is CC1(C)C[C@H]2C[C@@](C)(CN2c2ccc(N3C(=O)[C@H]4[C@H](C3=O)[C@H]3C=C[C@H]4C3)cc2[N+](=O)[O-])C1. The van der Waals surface area contributed by atoms with Crippen molar-refractivity contribution < 1.29 is 14.5 Å². The van der Waals surface area contributed by atoms with Crippen LogP contribution in [0.4, 0.5) is 17.1 Å². The molecule has 4 bridgehead atoms. The summed E-state index contributed by atoms with van der Waals surface area (Å²) in [6.45, 7) is 7.63. The monoisotopic (exact) mass is 435 g/mol. The van der Waals surface area contributed by atoms with Crippen LogP contribution in [0.1, 0.15) is 46.5 Å². The molecular formula is C25H29N3O4. The first-order valence-corrected chi connectivity index (χ1v) is 11.7. The summed E-state index contributed by atoms with van der Waals surface area (Å²) in [5.74, 6) is -0.787. The molecule has 1 aromatic carbocycles. The Morgan fingerprint density at radius 2 is 1.69 bits per heavy atom. The van der Waals surface area contributed by atoms with Gasteiger partial charge in [-0.25, -0.2) is 4.90 Å². The molecule has 0 aromatic heterocycles. The summed E-state index contributed by atoms with van der Waals surface area (Å²) < 4.78 is 0. The van der Waals surface area contributed by atoms with Gasteiger partial charge >= 0.3 is 0 Å². The van der Waals surface area contributed by atoms with E-state index in [1.165, 1.54) is 11.0 Å². The predicted molar refractivity (Wildman–Crippen MR) is 120 cm³/mol. The Balaban J connectivity index is 1.36. The lowest BCUT2D eigenvalue weighted by atomic mass is 9.65. The van der Waals surface area contributed by atoms with Crippen molar-refractivity contribution in [2.75, 3.05) is 16.3 Å². The van der Waals surface area contributed by atoms with E-state index in [9.17, 15) is 19.7 Å². The fourth-order valence-corrected chi connectivity index (χ4v) is 7.94. The van der Waals surface area contributed by atoms with Crippen LogP contribution in [0.15, 0.2) is 30.4 Å². The molecule has 0 N–H and O–H groups in total. The van der Waals surface area contributed by atoms with Crippen molar-refractivity contribution in [1.29, 1.82) is 0 Å². The number of nitro benzene ring substituents is 1. The van der Waals surface area contributed by atoms with Crippen LogP contribution in [-0.2, 0) is 9.59 Å². The number of nitrogens with zero attached hydrogens (tertiary/aromatic N) is 3. The first-order valence-electron chi connectivity index (χ1n) is 11.7. The van der Waals surface area contributed by atoms with E-state index in [4.69, 9.17) is 0 Å². The van der Waals surface area contributed by atoms with Crippen LogP contribution >= 0.6 is 0 Å². The topological polar surface area (TPSA) is 83.8 Å². The first kappa shape index (κ1) is 19.9. The van der Waals surface area contributed by atoms with Crippen molar-refractivity contribution in [3.63, 3.8) is 0 Å². The third-order valence-corrected chi connectivity index (χ3v) is 8.61. The number of amides is 2. The molecule has 1 aromatic rings. The minimum atomic E-state index is -0.369. The number of fused-ring (bicyclic) bond motifs is 7. The highest BCUT2D eigenvalue weighted by Gasteiger charge is 2.60. The highest BCUT2D eigenvalue weighted by atomic mass is 16.6. The second-order valence-electron chi connectivity index (χ2n) is 11.8. The number of rotatable bonds is 3. The smallest absolute Gasteiger partial charge is 0.294 e. The molecule has 7 heteroatoms. The number of hydrogen-bond donors (Lipinski definition) is 0. The average Bonchev–Trinajstić information content (AvgIpc) is 3.42. The molecular weight excluding hydrogens is 406 g/mol. The van der Waals surface area contributed by atoms with Gasteiger partial charge < -0.3 is 4.90 Å². The van der Waals surface area contributed by atoms with E-state index in [1.54, 1.807) is 12.1 Å². The van der Waals surface area contributed by atoms with E-state index < -0.39 is 0 Å². The molecule has 2 aliphatic heterocycles. The highest BCUT2D eigenvalue weighted by Crippen LogP contribution is 2.56. The van der Waals surface area contributed by atoms with Crippen molar-refractivity contribution in [2.24, 2.45) is 34.5 Å². The third-order valence-electron chi connectivity index (χ3n) is 8.61. The van der Waals surface area contributed by atoms with Gasteiger partial charge in [0.15, 0.2) is 0 Å². The van der Waals surface area contributed by atoms with Crippen LogP contribution in [-0.4, -0.2) is 29.3 Å². The summed E-state index contributed by atoms with van der Waals surface area (Å²) in [5.41, 5.74) is 1.27. The fourth-order valence-electron chi connectivity index (χ4n) is 7.94. The summed E-state index contributed by atoms with van der Waals surface area (Å²) in [4.78, 5) is 41.5. The van der Waals surface area contributed by atoms with Crippen molar-refractivity contribution in [3.05, 3.63) is 40.5 Å². The van der Waals surface area contributed by atoms with Gasteiger partial charge in [0, 0.05) is 18.7 Å². The standard InChI is InChI=1S/C25H29N3O4/c1-24(2)10-17-11-25(3,12-24)13-26(17)18-7-6-16(9-19(18)28(31)32)27-22(29)20-14-4-5-15(8-14)21(20)23(27)30/h4-7,9,14-15,17,20-21H,8,10-13H2,1-3H3/t14-,15-,17-,20+,21+,25+/m0/s1. The highest BCUT2D eigenvalue weighted by molar-refractivity contribution is 6.23. The Hall–Kier alpha value is -2.70.